The normalized spacial score (nSPS) is 9.47. The summed E-state index contributed by atoms with van der Waals surface area (Å²) in [6.45, 7) is 16.4. The predicted octanol–water partition coefficient (Wildman–Crippen LogP) is 6.21. The van der Waals surface area contributed by atoms with E-state index in [-0.39, 0.29) is 0 Å². The number of H-pyrrole nitrogens is 1. The highest BCUT2D eigenvalue weighted by atomic mass is 15.0. The molecule has 3 heterocycles. The molecule has 0 aliphatic heterocycles. The lowest BCUT2D eigenvalue weighted by Crippen LogP contribution is -2.00. The molecule has 0 amide bonds. The third-order valence-corrected chi connectivity index (χ3v) is 4.72. The first-order valence-corrected chi connectivity index (χ1v) is 11.8. The van der Waals surface area contributed by atoms with Crippen LogP contribution in [0.1, 0.15) is 62.7 Å². The minimum absolute atomic E-state index is 0.511. The Balaban J connectivity index is 0.000000316. The van der Waals surface area contributed by atoms with Gasteiger partial charge in [0.15, 0.2) is 0 Å². The molecule has 0 bridgehead atoms. The average Bonchev–Trinajstić information content (AvgIpc) is 3.54. The molecule has 0 radical (unpaired) electrons. The van der Waals surface area contributed by atoms with Gasteiger partial charge in [0.05, 0.1) is 29.9 Å². The van der Waals surface area contributed by atoms with Crippen LogP contribution in [0.3, 0.4) is 0 Å². The van der Waals surface area contributed by atoms with E-state index in [9.17, 15) is 0 Å². The number of aromatic amines is 1. The van der Waals surface area contributed by atoms with Gasteiger partial charge >= 0.3 is 0 Å². The number of nitrogens with zero attached hydrogens (tertiary/aromatic N) is 3. The van der Waals surface area contributed by atoms with Crippen molar-refractivity contribution in [1.29, 1.82) is 5.41 Å². The molecule has 182 valence electrons. The Morgan fingerprint density at radius 2 is 1.91 bits per heavy atom. The van der Waals surface area contributed by atoms with Crippen LogP contribution >= 0.6 is 0 Å². The summed E-state index contributed by atoms with van der Waals surface area (Å²) in [5, 5.41) is 10.5. The summed E-state index contributed by atoms with van der Waals surface area (Å²) in [7, 11) is 0. The van der Waals surface area contributed by atoms with E-state index in [0.29, 0.717) is 5.70 Å². The number of aromatic nitrogens is 4. The first-order chi connectivity index (χ1) is 16.5. The number of benzene rings is 1. The van der Waals surface area contributed by atoms with E-state index in [0.717, 1.165) is 52.4 Å². The minimum Gasteiger partial charge on any atom is -0.399 e. The van der Waals surface area contributed by atoms with Gasteiger partial charge in [0, 0.05) is 41.6 Å². The standard InChI is InChI=1S/C13H15N5.C10H12N2.2C2H6/c1-2-10-7-18-8-11(3-4-13(18)17-10)15-6-12-5-14-9-16-12;1-7-4-3-5-9(8(2)12)10(7)6-11;2*1-2/h3-5,7-9,15H,2,6H2,1H3,(H,14,16);3-6,11H,2,12H2,1H3;2*1-2H3. The van der Waals surface area contributed by atoms with Gasteiger partial charge in [-0.05, 0) is 31.0 Å². The maximum absolute atomic E-state index is 7.20. The van der Waals surface area contributed by atoms with Crippen LogP contribution < -0.4 is 11.1 Å². The summed E-state index contributed by atoms with van der Waals surface area (Å²) in [5.74, 6) is 0. The van der Waals surface area contributed by atoms with E-state index in [1.165, 1.54) is 6.21 Å². The van der Waals surface area contributed by atoms with Gasteiger partial charge in [-0.15, -0.1) is 0 Å². The molecule has 0 spiro atoms. The highest BCUT2D eigenvalue weighted by molar-refractivity contribution is 5.87. The Hall–Kier alpha value is -3.87. The van der Waals surface area contributed by atoms with Crippen molar-refractivity contribution in [3.63, 3.8) is 0 Å². The van der Waals surface area contributed by atoms with Crippen molar-refractivity contribution in [2.45, 2.75) is 54.5 Å². The number of nitrogens with one attached hydrogen (secondary N) is 3. The lowest BCUT2D eigenvalue weighted by molar-refractivity contribution is 1.06. The summed E-state index contributed by atoms with van der Waals surface area (Å²) in [6.07, 6.45) is 9.89. The first-order valence-electron chi connectivity index (χ1n) is 11.8. The van der Waals surface area contributed by atoms with Gasteiger partial charge in [-0.2, -0.15) is 0 Å². The van der Waals surface area contributed by atoms with E-state index in [2.05, 4.69) is 46.2 Å². The zero-order chi connectivity index (χ0) is 25.5. The van der Waals surface area contributed by atoms with Gasteiger partial charge in [0.2, 0.25) is 0 Å². The van der Waals surface area contributed by atoms with Crippen LogP contribution in [0.2, 0.25) is 0 Å². The smallest absolute Gasteiger partial charge is 0.137 e. The Morgan fingerprint density at radius 1 is 1.18 bits per heavy atom. The molecule has 0 saturated heterocycles. The van der Waals surface area contributed by atoms with Crippen LogP contribution in [0.25, 0.3) is 11.3 Å². The van der Waals surface area contributed by atoms with Gasteiger partial charge in [-0.3, -0.25) is 0 Å². The second-order valence-electron chi connectivity index (χ2n) is 6.91. The fraction of sp³-hybridized carbons (Fsp3) is 0.296. The molecule has 0 unspecified atom stereocenters. The molecular weight excluding hydrogens is 422 g/mol. The number of fused-ring (bicyclic) bond motifs is 1. The lowest BCUT2D eigenvalue weighted by Gasteiger charge is -2.06. The largest absolute Gasteiger partial charge is 0.399 e. The Morgan fingerprint density at radius 3 is 2.47 bits per heavy atom. The van der Waals surface area contributed by atoms with E-state index in [4.69, 9.17) is 11.1 Å². The maximum atomic E-state index is 7.20. The molecule has 0 fully saturated rings. The zero-order valence-corrected chi connectivity index (χ0v) is 21.3. The van der Waals surface area contributed by atoms with Crippen LogP contribution in [0.4, 0.5) is 5.69 Å². The van der Waals surface area contributed by atoms with Crippen LogP contribution in [0.5, 0.6) is 0 Å². The number of anilines is 1. The topological polar surface area (TPSA) is 108 Å². The first kappa shape index (κ1) is 28.2. The second-order valence-corrected chi connectivity index (χ2v) is 6.91. The number of pyridine rings is 1. The third kappa shape index (κ3) is 7.92. The molecule has 4 rings (SSSR count). The summed E-state index contributed by atoms with van der Waals surface area (Å²) in [5.41, 5.74) is 13.1. The fourth-order valence-corrected chi connectivity index (χ4v) is 3.05. The number of hydrogen-bond donors (Lipinski definition) is 4. The number of nitrogens with two attached hydrogens (primary N) is 1. The Kier molecular flexibility index (Phi) is 12.5. The SMILES string of the molecule is C=C(N)c1cccc(C)c1C=N.CC.CC.CCc1cn2cc(NCc3cnc[nH]3)ccc2n1. The monoisotopic (exact) mass is 461 g/mol. The summed E-state index contributed by atoms with van der Waals surface area (Å²) in [4.78, 5) is 11.6. The summed E-state index contributed by atoms with van der Waals surface area (Å²) in [6, 6.07) is 9.80. The number of hydrogen-bond acceptors (Lipinski definition) is 5. The molecule has 0 saturated carbocycles. The molecule has 0 aliphatic rings. The van der Waals surface area contributed by atoms with Gasteiger partial charge in [0.25, 0.3) is 0 Å². The van der Waals surface area contributed by atoms with Crippen LogP contribution in [-0.2, 0) is 13.0 Å². The molecular formula is C27H39N7. The molecule has 7 nitrogen and oxygen atoms in total. The number of rotatable bonds is 6. The quantitative estimate of drug-likeness (QED) is 0.256. The fourth-order valence-electron chi connectivity index (χ4n) is 3.05. The Bertz CT molecular complexity index is 1140. The van der Waals surface area contributed by atoms with E-state index < -0.39 is 0 Å². The summed E-state index contributed by atoms with van der Waals surface area (Å²) >= 11 is 0. The highest BCUT2D eigenvalue weighted by Crippen LogP contribution is 2.16. The molecule has 0 atom stereocenters. The minimum atomic E-state index is 0.511. The van der Waals surface area contributed by atoms with Crippen molar-refractivity contribution in [1.82, 2.24) is 19.4 Å². The number of imidazole rings is 2. The average molecular weight is 462 g/mol. The van der Waals surface area contributed by atoms with Gasteiger partial charge in [-0.1, -0.05) is 59.4 Å². The molecule has 34 heavy (non-hydrogen) atoms. The Labute approximate surface area is 203 Å². The number of aryl methyl sites for hydroxylation is 2. The van der Waals surface area contributed by atoms with Gasteiger partial charge in [-0.25, -0.2) is 9.97 Å². The maximum Gasteiger partial charge on any atom is 0.137 e. The van der Waals surface area contributed by atoms with Gasteiger partial charge in [0.1, 0.15) is 5.65 Å². The van der Waals surface area contributed by atoms with Crippen molar-refractivity contribution in [2.24, 2.45) is 5.73 Å². The van der Waals surface area contributed by atoms with Crippen molar-refractivity contribution in [3.05, 3.63) is 89.9 Å². The van der Waals surface area contributed by atoms with Crippen molar-refractivity contribution >= 4 is 23.2 Å². The molecule has 0 aliphatic carbocycles. The van der Waals surface area contributed by atoms with Crippen molar-refractivity contribution < 1.29 is 0 Å². The van der Waals surface area contributed by atoms with Gasteiger partial charge < -0.3 is 25.8 Å². The van der Waals surface area contributed by atoms with Crippen LogP contribution in [0.15, 0.2) is 61.8 Å². The second kappa shape index (κ2) is 15.1. The lowest BCUT2D eigenvalue weighted by atomic mass is 10.0. The molecule has 7 heteroatoms. The predicted molar refractivity (Wildman–Crippen MR) is 145 cm³/mol. The zero-order valence-electron chi connectivity index (χ0n) is 21.3. The summed E-state index contributed by atoms with van der Waals surface area (Å²) < 4.78 is 2.05. The van der Waals surface area contributed by atoms with E-state index >= 15 is 0 Å². The molecule has 3 aromatic heterocycles. The van der Waals surface area contributed by atoms with Crippen molar-refractivity contribution in [2.75, 3.05) is 5.32 Å². The molecule has 5 N–H and O–H groups in total. The van der Waals surface area contributed by atoms with Crippen LogP contribution in [0, 0.1) is 12.3 Å². The molecule has 4 aromatic rings. The molecule has 1 aromatic carbocycles. The third-order valence-electron chi connectivity index (χ3n) is 4.72. The van der Waals surface area contributed by atoms with E-state index in [1.807, 2.05) is 75.5 Å². The van der Waals surface area contributed by atoms with Crippen molar-refractivity contribution in [3.8, 4) is 0 Å². The highest BCUT2D eigenvalue weighted by Gasteiger charge is 2.03. The van der Waals surface area contributed by atoms with Crippen LogP contribution in [-0.4, -0.2) is 25.6 Å². The van der Waals surface area contributed by atoms with E-state index in [1.54, 1.807) is 6.33 Å².